The van der Waals surface area contributed by atoms with Crippen molar-refractivity contribution in [2.24, 2.45) is 41.4 Å². The summed E-state index contributed by atoms with van der Waals surface area (Å²) in [5.74, 6) is -6.04. The molecular formula is C56H91N3O13S. The largest absolute Gasteiger partial charge is 0.461 e. The van der Waals surface area contributed by atoms with Gasteiger partial charge in [-0.2, -0.15) is 0 Å². The number of hydrogen-bond acceptors (Lipinski definition) is 14. The zero-order valence-electron chi connectivity index (χ0n) is 45.4. The number of ketones is 2. The number of β-amino-alcohol motifs (C(OH)–C–C–N with tert-alkyl or cyclic N) is 1. The number of ether oxygens (including phenoxy) is 4. The van der Waals surface area contributed by atoms with Gasteiger partial charge in [0.2, 0.25) is 5.79 Å². The number of esters is 1. The molecule has 3 saturated heterocycles. The van der Waals surface area contributed by atoms with Crippen molar-refractivity contribution in [3.8, 4) is 0 Å². The number of methoxy groups -OCH3 is 2. The molecule has 5 rings (SSSR count). The smallest absolute Gasteiger partial charge is 0.329 e. The van der Waals surface area contributed by atoms with E-state index >= 15 is 0 Å². The van der Waals surface area contributed by atoms with Crippen molar-refractivity contribution in [1.29, 1.82) is 0 Å². The molecule has 73 heavy (non-hydrogen) atoms. The standard InChI is InChI=1S/C56H91N3O13S/c1-35-15-11-10-12-16-37(3)48(73-34-58-26-25-57(27-28-60)55(58)67)33-43-21-19-41(7)56(68,72-43)52(64)53(65)59-24-14-13-17-44(59)54(66)71-46(38(4)31-42-20-22-45(61)47(32-42)69-8)23-18-36(2)30-40(6)50(63)51(70-9)49(62)39(5)29-35/h10-12,15-16,35-36,38-48,50-51,60-61,63,68H,13-14,17-34H2,1-9H3/b12-10?,15-11+,37-16?/t35-,36+,38-,39-,40?,41-,42+,43+,44+,45-,46+,47-,48?,50-,51+,56-/m1/s1. The number of fused-ring (bicyclic) bond motifs is 3. The Labute approximate surface area is 440 Å². The summed E-state index contributed by atoms with van der Waals surface area (Å²) < 4.78 is 24.2. The predicted octanol–water partition coefficient (Wildman–Crippen LogP) is 6.86. The van der Waals surface area contributed by atoms with Gasteiger partial charge in [-0.05, 0) is 126 Å². The number of nitrogens with zero attached hydrogens (tertiary/aromatic N) is 3. The highest BCUT2D eigenvalue weighted by molar-refractivity contribution is 8.00. The first-order valence-electron chi connectivity index (χ1n) is 27.4. The maximum Gasteiger partial charge on any atom is 0.329 e. The molecule has 5 aliphatic rings. The highest BCUT2D eigenvalue weighted by atomic mass is 32.2. The number of allylic oxidation sites excluding steroid dienone is 5. The average Bonchev–Trinajstić information content (AvgIpc) is 3.72. The Balaban J connectivity index is 1.45. The van der Waals surface area contributed by atoms with E-state index in [1.165, 1.54) is 12.0 Å². The third-order valence-corrected chi connectivity index (χ3v) is 18.0. The highest BCUT2D eigenvalue weighted by Crippen LogP contribution is 2.39. The Hall–Kier alpha value is -3.16. The molecule has 0 aromatic rings. The first-order chi connectivity index (χ1) is 34.7. The maximum absolute atomic E-state index is 14.5. The molecule has 2 unspecified atom stereocenters. The van der Waals surface area contributed by atoms with Crippen LogP contribution in [0.1, 0.15) is 138 Å². The van der Waals surface area contributed by atoms with Crippen LogP contribution in [0.5, 0.6) is 0 Å². The lowest BCUT2D eigenvalue weighted by molar-refractivity contribution is -0.263. The predicted molar refractivity (Wildman–Crippen MR) is 281 cm³/mol. The lowest BCUT2D eigenvalue weighted by atomic mass is 9.78. The van der Waals surface area contributed by atoms with Gasteiger partial charge in [0.1, 0.15) is 18.2 Å². The number of Topliss-reactive ketones (excluding diaryl/α,β-unsaturated/α-hetero) is 2. The summed E-state index contributed by atoms with van der Waals surface area (Å²) in [5, 5.41) is 43.7. The molecule has 0 aromatic carbocycles. The van der Waals surface area contributed by atoms with E-state index in [9.17, 15) is 44.4 Å². The molecule has 4 N–H and O–H groups in total. The molecular weight excluding hydrogens is 955 g/mol. The Morgan fingerprint density at radius 2 is 1.58 bits per heavy atom. The molecule has 4 aliphatic heterocycles. The van der Waals surface area contributed by atoms with Crippen molar-refractivity contribution in [2.45, 2.75) is 192 Å². The molecule has 1 aliphatic carbocycles. The Kier molecular flexibility index (Phi) is 24.0. The molecule has 0 radical (unpaired) electrons. The number of rotatable bonds is 10. The van der Waals surface area contributed by atoms with Crippen LogP contribution in [0.2, 0.25) is 0 Å². The number of piperidine rings is 1. The number of aliphatic hydroxyl groups is 4. The van der Waals surface area contributed by atoms with E-state index in [2.05, 4.69) is 13.8 Å². The SMILES string of the molecule is CO[C@@H]1C[C@H](C[C@@H](C)[C@@H]2CC[C@H](C)CC(C)[C@@H](O)[C@@H](OC)C(=O)[C@H](C)C[C@H](C)/C=C/C=CC=C(C)C(SCN3CCN(CCO)C3=O)C[C@@H]3CC[C@@H](C)[C@@](O)(O3)C(=O)C(=O)N3CCCC[C@H]3C(=O)O2)CC[C@H]1O. The van der Waals surface area contributed by atoms with Crippen molar-refractivity contribution in [2.75, 3.05) is 52.9 Å². The van der Waals surface area contributed by atoms with Crippen LogP contribution in [0.3, 0.4) is 0 Å². The Morgan fingerprint density at radius 3 is 2.29 bits per heavy atom. The van der Waals surface area contributed by atoms with Gasteiger partial charge in [0.25, 0.3) is 11.7 Å². The fraction of sp³-hybridized carbons (Fsp3) is 0.804. The second-order valence-corrected chi connectivity index (χ2v) is 23.6. The van der Waals surface area contributed by atoms with Crippen LogP contribution >= 0.6 is 11.8 Å². The fourth-order valence-corrected chi connectivity index (χ4v) is 13.1. The molecule has 0 spiro atoms. The molecule has 4 fully saturated rings. The summed E-state index contributed by atoms with van der Waals surface area (Å²) in [5.41, 5.74) is 0.963. The summed E-state index contributed by atoms with van der Waals surface area (Å²) in [6.45, 7) is 15.0. The molecule has 2 bridgehead atoms. The number of urea groups is 1. The average molecular weight is 1050 g/mol. The molecule has 17 heteroatoms. The summed E-state index contributed by atoms with van der Waals surface area (Å²) in [4.78, 5) is 75.2. The van der Waals surface area contributed by atoms with Crippen molar-refractivity contribution < 1.29 is 63.3 Å². The van der Waals surface area contributed by atoms with Crippen LogP contribution in [0, 0.1) is 41.4 Å². The number of amides is 3. The first kappa shape index (κ1) is 60.7. The zero-order chi connectivity index (χ0) is 53.6. The lowest BCUT2D eigenvalue weighted by Crippen LogP contribution is -2.60. The number of thioether (sulfide) groups is 1. The second-order valence-electron chi connectivity index (χ2n) is 22.5. The van der Waals surface area contributed by atoms with Crippen LogP contribution in [0.15, 0.2) is 36.0 Å². The van der Waals surface area contributed by atoms with Crippen molar-refractivity contribution in [3.63, 3.8) is 0 Å². The van der Waals surface area contributed by atoms with Crippen LogP contribution < -0.4 is 0 Å². The molecule has 3 amide bonds. The van der Waals surface area contributed by atoms with E-state index in [0.29, 0.717) is 96.0 Å². The molecule has 4 heterocycles. The third-order valence-electron chi connectivity index (χ3n) is 16.6. The van der Waals surface area contributed by atoms with E-state index in [-0.39, 0.29) is 78.4 Å². The van der Waals surface area contributed by atoms with Crippen molar-refractivity contribution >= 4 is 41.2 Å². The maximum atomic E-state index is 14.5. The van der Waals surface area contributed by atoms with E-state index in [4.69, 9.17) is 18.9 Å². The second kappa shape index (κ2) is 28.8. The number of cyclic esters (lactones) is 1. The number of carbonyl (C=O) groups is 5. The van der Waals surface area contributed by atoms with E-state index in [1.807, 2.05) is 58.1 Å². The highest BCUT2D eigenvalue weighted by Gasteiger charge is 2.53. The van der Waals surface area contributed by atoms with Gasteiger partial charge in [-0.25, -0.2) is 9.59 Å². The van der Waals surface area contributed by atoms with Crippen LogP contribution in [0.25, 0.3) is 0 Å². The summed E-state index contributed by atoms with van der Waals surface area (Å²) >= 11 is 1.54. The normalized spacial score (nSPS) is 37.7. The molecule has 0 aromatic heterocycles. The zero-order valence-corrected chi connectivity index (χ0v) is 46.2. The van der Waals surface area contributed by atoms with Crippen LogP contribution in [-0.4, -0.2) is 171 Å². The molecule has 16 atom stereocenters. The minimum atomic E-state index is -2.44. The number of aliphatic hydroxyl groups excluding tert-OH is 3. The molecule has 16 nitrogen and oxygen atoms in total. The number of hydrogen-bond donors (Lipinski definition) is 4. The van der Waals surface area contributed by atoms with Gasteiger partial charge in [0.15, 0.2) is 5.78 Å². The van der Waals surface area contributed by atoms with Crippen LogP contribution in [-0.2, 0) is 38.1 Å². The lowest BCUT2D eigenvalue weighted by Gasteiger charge is -2.43. The van der Waals surface area contributed by atoms with Gasteiger partial charge >= 0.3 is 12.0 Å². The van der Waals surface area contributed by atoms with Gasteiger partial charge in [-0.3, -0.25) is 14.4 Å². The molecule has 414 valence electrons. The van der Waals surface area contributed by atoms with Gasteiger partial charge in [-0.1, -0.05) is 77.5 Å². The van der Waals surface area contributed by atoms with E-state index < -0.39 is 65.9 Å². The first-order valence-corrected chi connectivity index (χ1v) is 28.5. The monoisotopic (exact) mass is 1050 g/mol. The summed E-state index contributed by atoms with van der Waals surface area (Å²) in [6, 6.07) is -1.20. The van der Waals surface area contributed by atoms with Gasteiger partial charge in [0.05, 0.1) is 36.9 Å². The Bertz CT molecular complexity index is 1920. The van der Waals surface area contributed by atoms with Crippen molar-refractivity contribution in [1.82, 2.24) is 14.7 Å². The minimum absolute atomic E-state index is 0.0407. The number of carbonyl (C=O) groups excluding carboxylic acids is 5. The fourth-order valence-electron chi connectivity index (χ4n) is 11.8. The van der Waals surface area contributed by atoms with Crippen LogP contribution in [0.4, 0.5) is 4.79 Å². The van der Waals surface area contributed by atoms with Gasteiger partial charge < -0.3 is 54.1 Å². The minimum Gasteiger partial charge on any atom is -0.461 e. The topological polar surface area (TPSA) is 213 Å². The van der Waals surface area contributed by atoms with E-state index in [1.54, 1.807) is 35.6 Å². The summed E-state index contributed by atoms with van der Waals surface area (Å²) in [6.07, 6.45) is 13.7. The summed E-state index contributed by atoms with van der Waals surface area (Å²) in [7, 11) is 3.07. The molecule has 1 saturated carbocycles. The van der Waals surface area contributed by atoms with Crippen molar-refractivity contribution in [3.05, 3.63) is 36.0 Å². The Morgan fingerprint density at radius 1 is 0.836 bits per heavy atom. The van der Waals surface area contributed by atoms with Gasteiger partial charge in [-0.15, -0.1) is 11.8 Å². The van der Waals surface area contributed by atoms with Gasteiger partial charge in [0, 0.05) is 57.5 Å². The van der Waals surface area contributed by atoms with E-state index in [0.717, 1.165) is 18.4 Å². The quantitative estimate of drug-likeness (QED) is 0.130. The third kappa shape index (κ3) is 16.4.